The average molecular weight is 525 g/mol. The Bertz CT molecular complexity index is 1340. The maximum absolute atomic E-state index is 13.3. The molecule has 4 unspecified atom stereocenters. The van der Waals surface area contributed by atoms with Gasteiger partial charge in [0.2, 0.25) is 5.91 Å². The molecule has 0 saturated heterocycles. The van der Waals surface area contributed by atoms with Gasteiger partial charge in [0.15, 0.2) is 0 Å². The fourth-order valence-corrected chi connectivity index (χ4v) is 6.82. The number of carbonyl (C=O) groups is 3. The SMILES string of the molecule is O=C(O)CN(Cc1ccccc1)C(=O)C1CC2CC(NC(=O)OCC3c4ccccc4-c4ccccc43)C2C1. The van der Waals surface area contributed by atoms with Gasteiger partial charge >= 0.3 is 12.1 Å². The molecule has 0 spiro atoms. The Morgan fingerprint density at radius 1 is 0.846 bits per heavy atom. The smallest absolute Gasteiger partial charge is 0.407 e. The molecule has 0 radical (unpaired) electrons. The monoisotopic (exact) mass is 524 g/mol. The van der Waals surface area contributed by atoms with E-state index in [4.69, 9.17) is 4.74 Å². The van der Waals surface area contributed by atoms with Crippen molar-refractivity contribution in [2.45, 2.75) is 37.8 Å². The van der Waals surface area contributed by atoms with Crippen LogP contribution in [0.25, 0.3) is 11.1 Å². The van der Waals surface area contributed by atoms with E-state index in [0.717, 1.165) is 18.4 Å². The Labute approximate surface area is 227 Å². The summed E-state index contributed by atoms with van der Waals surface area (Å²) in [6.07, 6.45) is 1.78. The molecule has 0 aliphatic heterocycles. The van der Waals surface area contributed by atoms with E-state index in [9.17, 15) is 19.5 Å². The van der Waals surface area contributed by atoms with E-state index < -0.39 is 12.1 Å². The molecule has 39 heavy (non-hydrogen) atoms. The highest BCUT2D eigenvalue weighted by molar-refractivity contribution is 5.83. The van der Waals surface area contributed by atoms with Crippen molar-refractivity contribution >= 4 is 18.0 Å². The number of hydrogen-bond donors (Lipinski definition) is 2. The summed E-state index contributed by atoms with van der Waals surface area (Å²) in [6.45, 7) is 0.228. The number of benzene rings is 3. The molecule has 7 heteroatoms. The van der Waals surface area contributed by atoms with Crippen molar-refractivity contribution < 1.29 is 24.2 Å². The summed E-state index contributed by atoms with van der Waals surface area (Å²) in [6, 6.07) is 25.9. The topological polar surface area (TPSA) is 95.9 Å². The normalized spacial score (nSPS) is 22.7. The summed E-state index contributed by atoms with van der Waals surface area (Å²) < 4.78 is 5.73. The third-order valence-electron chi connectivity index (χ3n) is 8.67. The molecule has 3 aliphatic rings. The number of alkyl carbamates (subject to hydrolysis) is 1. The Morgan fingerprint density at radius 2 is 1.49 bits per heavy atom. The molecule has 2 amide bonds. The first-order valence-electron chi connectivity index (χ1n) is 13.6. The molecule has 4 atom stereocenters. The van der Waals surface area contributed by atoms with Crippen LogP contribution in [-0.4, -0.2) is 47.2 Å². The van der Waals surface area contributed by atoms with E-state index >= 15 is 0 Å². The minimum absolute atomic E-state index is 0.00982. The van der Waals surface area contributed by atoms with Gasteiger partial charge in [0, 0.05) is 24.4 Å². The van der Waals surface area contributed by atoms with Crippen LogP contribution in [0.4, 0.5) is 4.79 Å². The number of amides is 2. The zero-order valence-electron chi connectivity index (χ0n) is 21.7. The summed E-state index contributed by atoms with van der Waals surface area (Å²) >= 11 is 0. The lowest BCUT2D eigenvalue weighted by Crippen LogP contribution is -2.50. The van der Waals surface area contributed by atoms with E-state index in [0.29, 0.717) is 12.3 Å². The Balaban J connectivity index is 1.04. The molecule has 2 fully saturated rings. The first kappa shape index (κ1) is 25.2. The van der Waals surface area contributed by atoms with E-state index in [1.807, 2.05) is 54.6 Å². The lowest BCUT2D eigenvalue weighted by molar-refractivity contribution is -0.146. The maximum atomic E-state index is 13.3. The van der Waals surface area contributed by atoms with Gasteiger partial charge in [0.1, 0.15) is 13.2 Å². The summed E-state index contributed by atoms with van der Waals surface area (Å²) in [5.74, 6) is -0.775. The Morgan fingerprint density at radius 3 is 2.15 bits per heavy atom. The van der Waals surface area contributed by atoms with Gasteiger partial charge in [0.05, 0.1) is 0 Å². The zero-order valence-corrected chi connectivity index (χ0v) is 21.7. The summed E-state index contributed by atoms with van der Waals surface area (Å²) in [4.78, 5) is 39.0. The highest BCUT2D eigenvalue weighted by atomic mass is 16.5. The van der Waals surface area contributed by atoms with Crippen LogP contribution < -0.4 is 5.32 Å². The number of hydrogen-bond acceptors (Lipinski definition) is 4. The second-order valence-electron chi connectivity index (χ2n) is 11.0. The van der Waals surface area contributed by atoms with Crippen LogP contribution in [0.1, 0.15) is 41.9 Å². The van der Waals surface area contributed by atoms with Crippen LogP contribution in [0.15, 0.2) is 78.9 Å². The minimum atomic E-state index is -1.02. The molecule has 2 saturated carbocycles. The largest absolute Gasteiger partial charge is 0.480 e. The van der Waals surface area contributed by atoms with Crippen LogP contribution in [0, 0.1) is 17.8 Å². The number of ether oxygens (including phenoxy) is 1. The highest BCUT2D eigenvalue weighted by Gasteiger charge is 2.50. The van der Waals surface area contributed by atoms with E-state index in [1.165, 1.54) is 27.2 Å². The number of nitrogens with one attached hydrogen (secondary N) is 1. The molecular weight excluding hydrogens is 492 g/mol. The molecule has 3 aromatic carbocycles. The van der Waals surface area contributed by atoms with Crippen molar-refractivity contribution in [2.75, 3.05) is 13.2 Å². The fourth-order valence-electron chi connectivity index (χ4n) is 6.82. The fraction of sp³-hybridized carbons (Fsp3) is 0.344. The third kappa shape index (κ3) is 5.01. The van der Waals surface area contributed by atoms with Crippen molar-refractivity contribution in [1.82, 2.24) is 10.2 Å². The van der Waals surface area contributed by atoms with Gasteiger partial charge in [-0.2, -0.15) is 0 Å². The number of fused-ring (bicyclic) bond motifs is 4. The number of nitrogens with zero attached hydrogens (tertiary/aromatic N) is 1. The number of carboxylic acids is 1. The standard InChI is InChI=1S/C32H32N2O5/c35-30(36)18-34(17-20-8-2-1-3-9-20)31(37)22-14-21-16-29(27(21)15-22)33-32(38)39-19-28-25-12-6-4-10-23(25)24-11-5-7-13-26(24)28/h1-13,21-22,27-29H,14-19H2,(H,33,38)(H,35,36). The Kier molecular flexibility index (Phi) is 6.81. The van der Waals surface area contributed by atoms with E-state index in [-0.39, 0.29) is 49.4 Å². The summed E-state index contributed by atoms with van der Waals surface area (Å²) in [7, 11) is 0. The lowest BCUT2D eigenvalue weighted by Gasteiger charge is -2.40. The predicted octanol–water partition coefficient (Wildman–Crippen LogP) is 5.05. The summed E-state index contributed by atoms with van der Waals surface area (Å²) in [5.41, 5.74) is 5.63. The maximum Gasteiger partial charge on any atom is 0.407 e. The highest BCUT2D eigenvalue weighted by Crippen LogP contribution is 2.50. The Hall–Kier alpha value is -4.13. The second-order valence-corrected chi connectivity index (χ2v) is 11.0. The zero-order chi connectivity index (χ0) is 26.9. The summed E-state index contributed by atoms with van der Waals surface area (Å²) in [5, 5.41) is 12.4. The average Bonchev–Trinajstić information content (AvgIpc) is 3.45. The first-order chi connectivity index (χ1) is 19.0. The van der Waals surface area contributed by atoms with Crippen LogP contribution >= 0.6 is 0 Å². The second kappa shape index (κ2) is 10.6. The number of aliphatic carboxylic acids is 1. The van der Waals surface area contributed by atoms with Crippen molar-refractivity contribution in [3.63, 3.8) is 0 Å². The molecule has 0 aromatic heterocycles. The number of carbonyl (C=O) groups excluding carboxylic acids is 2. The molecule has 2 N–H and O–H groups in total. The van der Waals surface area contributed by atoms with Gasteiger partial charge in [-0.05, 0) is 58.9 Å². The third-order valence-corrected chi connectivity index (χ3v) is 8.67. The molecule has 0 heterocycles. The lowest BCUT2D eigenvalue weighted by atomic mass is 9.71. The van der Waals surface area contributed by atoms with Gasteiger partial charge in [-0.15, -0.1) is 0 Å². The quantitative estimate of drug-likeness (QED) is 0.430. The van der Waals surface area contributed by atoms with Crippen molar-refractivity contribution in [3.8, 4) is 11.1 Å². The first-order valence-corrected chi connectivity index (χ1v) is 13.6. The van der Waals surface area contributed by atoms with Gasteiger partial charge in [0.25, 0.3) is 0 Å². The molecule has 200 valence electrons. The van der Waals surface area contributed by atoms with Gasteiger partial charge in [-0.25, -0.2) is 4.79 Å². The van der Waals surface area contributed by atoms with Crippen molar-refractivity contribution in [3.05, 3.63) is 95.6 Å². The number of rotatable bonds is 8. The van der Waals surface area contributed by atoms with Crippen molar-refractivity contribution in [2.24, 2.45) is 17.8 Å². The van der Waals surface area contributed by atoms with Crippen LogP contribution in [0.2, 0.25) is 0 Å². The molecule has 6 rings (SSSR count). The van der Waals surface area contributed by atoms with E-state index in [1.54, 1.807) is 0 Å². The number of carboxylic acid groups (broad SMARTS) is 1. The van der Waals surface area contributed by atoms with Gasteiger partial charge < -0.3 is 20.1 Å². The molecule has 3 aromatic rings. The van der Waals surface area contributed by atoms with Gasteiger partial charge in [-0.3, -0.25) is 9.59 Å². The minimum Gasteiger partial charge on any atom is -0.480 e. The van der Waals surface area contributed by atoms with Gasteiger partial charge in [-0.1, -0.05) is 78.9 Å². The van der Waals surface area contributed by atoms with Crippen LogP contribution in [0.5, 0.6) is 0 Å². The van der Waals surface area contributed by atoms with Crippen LogP contribution in [-0.2, 0) is 20.9 Å². The molecular formula is C32H32N2O5. The van der Waals surface area contributed by atoms with Crippen LogP contribution in [0.3, 0.4) is 0 Å². The molecule has 0 bridgehead atoms. The van der Waals surface area contributed by atoms with E-state index in [2.05, 4.69) is 29.6 Å². The van der Waals surface area contributed by atoms with Crippen molar-refractivity contribution in [1.29, 1.82) is 0 Å². The molecule has 3 aliphatic carbocycles. The predicted molar refractivity (Wildman–Crippen MR) is 146 cm³/mol. The molecule has 7 nitrogen and oxygen atoms in total.